The molecular formula is C27H27FO4S. The van der Waals surface area contributed by atoms with Crippen LogP contribution in [-0.2, 0) is 16.1 Å². The minimum Gasteiger partial charge on any atom is -0.489 e. The number of ether oxygens (including phenoxy) is 2. The highest BCUT2D eigenvalue weighted by molar-refractivity contribution is 7.07. The van der Waals surface area contributed by atoms with Crippen LogP contribution in [0.2, 0.25) is 0 Å². The number of esters is 1. The minimum absolute atomic E-state index is 0.0264. The Bertz CT molecular complexity index is 1120. The van der Waals surface area contributed by atoms with Gasteiger partial charge in [-0.15, -0.1) is 0 Å². The number of aliphatic hydroxyl groups is 1. The number of cyclic esters (lactones) is 1. The number of halogens is 1. The van der Waals surface area contributed by atoms with Gasteiger partial charge in [0.25, 0.3) is 0 Å². The lowest BCUT2D eigenvalue weighted by atomic mass is 9.89. The highest BCUT2D eigenvalue weighted by Crippen LogP contribution is 2.36. The Kier molecular flexibility index (Phi) is 7.26. The molecule has 2 heterocycles. The van der Waals surface area contributed by atoms with E-state index in [1.165, 1.54) is 12.1 Å². The van der Waals surface area contributed by atoms with Crippen LogP contribution in [0.15, 0.2) is 59.3 Å². The molecule has 4 nitrogen and oxygen atoms in total. The van der Waals surface area contributed by atoms with Crippen LogP contribution < -0.4 is 4.74 Å². The standard InChI is InChI=1S/C27H27FO4S/c1-17(2)25-13-23(31-15-18-9-10-33-16-18)14-26(19-3-5-20(28)6-4-19)24(25)8-7-22-11-21(29)12-27(30)32-22/h3-10,13-14,16-17,21-22,29H,11-12,15H2,1-2H3/b8-7+. The van der Waals surface area contributed by atoms with Crippen molar-refractivity contribution in [2.24, 2.45) is 0 Å². The quantitative estimate of drug-likeness (QED) is 0.413. The van der Waals surface area contributed by atoms with Crippen molar-refractivity contribution in [2.45, 2.75) is 51.4 Å². The molecule has 0 bridgehead atoms. The second kappa shape index (κ2) is 10.3. The van der Waals surface area contributed by atoms with Gasteiger partial charge >= 0.3 is 5.97 Å². The van der Waals surface area contributed by atoms with E-state index < -0.39 is 18.2 Å². The first-order valence-corrected chi connectivity index (χ1v) is 12.0. The highest BCUT2D eigenvalue weighted by Gasteiger charge is 2.25. The zero-order valence-electron chi connectivity index (χ0n) is 18.7. The van der Waals surface area contributed by atoms with Gasteiger partial charge in [-0.25, -0.2) is 4.39 Å². The van der Waals surface area contributed by atoms with E-state index in [9.17, 15) is 14.3 Å². The molecule has 2 aromatic carbocycles. The normalized spacial score (nSPS) is 18.6. The summed E-state index contributed by atoms with van der Waals surface area (Å²) in [4.78, 5) is 11.7. The van der Waals surface area contributed by atoms with Crippen LogP contribution in [0.3, 0.4) is 0 Å². The monoisotopic (exact) mass is 466 g/mol. The zero-order valence-corrected chi connectivity index (χ0v) is 19.5. The average molecular weight is 467 g/mol. The molecular weight excluding hydrogens is 439 g/mol. The van der Waals surface area contributed by atoms with Crippen LogP contribution in [0.25, 0.3) is 17.2 Å². The first-order valence-electron chi connectivity index (χ1n) is 11.0. The summed E-state index contributed by atoms with van der Waals surface area (Å²) in [6, 6.07) is 12.4. The van der Waals surface area contributed by atoms with Crippen molar-refractivity contribution in [3.63, 3.8) is 0 Å². The van der Waals surface area contributed by atoms with E-state index in [-0.39, 0.29) is 18.2 Å². The molecule has 0 amide bonds. The van der Waals surface area contributed by atoms with E-state index in [1.54, 1.807) is 23.5 Å². The smallest absolute Gasteiger partial charge is 0.309 e. The van der Waals surface area contributed by atoms with Gasteiger partial charge in [-0.3, -0.25) is 4.79 Å². The van der Waals surface area contributed by atoms with Crippen molar-refractivity contribution >= 4 is 23.4 Å². The fraction of sp³-hybridized carbons (Fsp3) is 0.296. The van der Waals surface area contributed by atoms with Crippen molar-refractivity contribution < 1.29 is 23.8 Å². The van der Waals surface area contributed by atoms with Crippen molar-refractivity contribution in [1.82, 2.24) is 0 Å². The number of aliphatic hydroxyl groups excluding tert-OH is 1. The van der Waals surface area contributed by atoms with Gasteiger partial charge in [0, 0.05) is 6.42 Å². The number of hydrogen-bond acceptors (Lipinski definition) is 5. The molecule has 3 aromatic rings. The van der Waals surface area contributed by atoms with Crippen molar-refractivity contribution in [3.05, 3.63) is 81.8 Å². The van der Waals surface area contributed by atoms with Crippen LogP contribution in [0.4, 0.5) is 4.39 Å². The SMILES string of the molecule is CC(C)c1cc(OCc2ccsc2)cc(-c2ccc(F)cc2)c1/C=C/C1CC(O)CC(=O)O1. The first-order chi connectivity index (χ1) is 15.9. The lowest BCUT2D eigenvalue weighted by Crippen LogP contribution is -2.31. The molecule has 1 aliphatic heterocycles. The molecule has 33 heavy (non-hydrogen) atoms. The Labute approximate surface area is 197 Å². The predicted molar refractivity (Wildman–Crippen MR) is 129 cm³/mol. The second-order valence-corrected chi connectivity index (χ2v) is 9.32. The molecule has 1 aromatic heterocycles. The maximum absolute atomic E-state index is 13.6. The van der Waals surface area contributed by atoms with Crippen molar-refractivity contribution in [3.8, 4) is 16.9 Å². The van der Waals surface area contributed by atoms with Crippen LogP contribution in [0.1, 0.15) is 49.3 Å². The number of hydrogen-bond donors (Lipinski definition) is 1. The van der Waals surface area contributed by atoms with E-state index in [1.807, 2.05) is 35.7 Å². The second-order valence-electron chi connectivity index (χ2n) is 8.54. The van der Waals surface area contributed by atoms with E-state index in [2.05, 4.69) is 19.2 Å². The molecule has 6 heteroatoms. The summed E-state index contributed by atoms with van der Waals surface area (Å²) in [6.45, 7) is 4.68. The van der Waals surface area contributed by atoms with Gasteiger partial charge < -0.3 is 14.6 Å². The third-order valence-electron chi connectivity index (χ3n) is 5.62. The minimum atomic E-state index is -0.699. The molecule has 4 rings (SSSR count). The molecule has 2 unspecified atom stereocenters. The fourth-order valence-electron chi connectivity index (χ4n) is 3.94. The Balaban J connectivity index is 1.74. The maximum Gasteiger partial charge on any atom is 0.309 e. The molecule has 0 spiro atoms. The van der Waals surface area contributed by atoms with Gasteiger partial charge in [-0.05, 0) is 80.9 Å². The van der Waals surface area contributed by atoms with Gasteiger partial charge in [0.05, 0.1) is 12.5 Å². The number of carbonyl (C=O) groups is 1. The summed E-state index contributed by atoms with van der Waals surface area (Å²) in [5, 5.41) is 14.0. The molecule has 1 N–H and O–H groups in total. The fourth-order valence-corrected chi connectivity index (χ4v) is 4.59. The summed E-state index contributed by atoms with van der Waals surface area (Å²) in [5.74, 6) is 0.227. The average Bonchev–Trinajstić information content (AvgIpc) is 3.29. The molecule has 1 fully saturated rings. The number of carbonyl (C=O) groups excluding carboxylic acids is 1. The van der Waals surface area contributed by atoms with E-state index in [0.29, 0.717) is 13.0 Å². The zero-order chi connectivity index (χ0) is 23.4. The molecule has 0 saturated carbocycles. The predicted octanol–water partition coefficient (Wildman–Crippen LogP) is 6.34. The number of thiophene rings is 1. The highest BCUT2D eigenvalue weighted by atomic mass is 32.1. The lowest BCUT2D eigenvalue weighted by Gasteiger charge is -2.24. The lowest BCUT2D eigenvalue weighted by molar-refractivity contribution is -0.156. The molecule has 1 saturated heterocycles. The summed E-state index contributed by atoms with van der Waals surface area (Å²) >= 11 is 1.63. The van der Waals surface area contributed by atoms with Gasteiger partial charge in [0.15, 0.2) is 0 Å². The largest absolute Gasteiger partial charge is 0.489 e. The first kappa shape index (κ1) is 23.2. The summed E-state index contributed by atoms with van der Waals surface area (Å²) < 4.78 is 25.1. The topological polar surface area (TPSA) is 55.8 Å². The molecule has 1 aliphatic rings. The summed E-state index contributed by atoms with van der Waals surface area (Å²) in [7, 11) is 0. The Hall–Kier alpha value is -2.96. The maximum atomic E-state index is 13.6. The van der Waals surface area contributed by atoms with Crippen LogP contribution in [0, 0.1) is 5.82 Å². The van der Waals surface area contributed by atoms with Gasteiger partial charge in [-0.1, -0.05) is 32.1 Å². The molecule has 2 atom stereocenters. The van der Waals surface area contributed by atoms with E-state index in [4.69, 9.17) is 9.47 Å². The summed E-state index contributed by atoms with van der Waals surface area (Å²) in [6.07, 6.45) is 2.96. The number of rotatable bonds is 7. The number of benzene rings is 2. The Morgan fingerprint density at radius 2 is 2.03 bits per heavy atom. The molecule has 0 radical (unpaired) electrons. The summed E-state index contributed by atoms with van der Waals surface area (Å²) in [5.41, 5.74) is 4.89. The third kappa shape index (κ3) is 5.89. The van der Waals surface area contributed by atoms with Gasteiger partial charge in [-0.2, -0.15) is 11.3 Å². The molecule has 0 aliphatic carbocycles. The van der Waals surface area contributed by atoms with Crippen LogP contribution >= 0.6 is 11.3 Å². The van der Waals surface area contributed by atoms with Crippen molar-refractivity contribution in [1.29, 1.82) is 0 Å². The van der Waals surface area contributed by atoms with Gasteiger partial charge in [0.2, 0.25) is 0 Å². The Morgan fingerprint density at radius 1 is 1.24 bits per heavy atom. The van der Waals surface area contributed by atoms with E-state index in [0.717, 1.165) is 33.6 Å². The van der Waals surface area contributed by atoms with Gasteiger partial charge in [0.1, 0.15) is 24.3 Å². The Morgan fingerprint density at radius 3 is 2.70 bits per heavy atom. The van der Waals surface area contributed by atoms with E-state index >= 15 is 0 Å². The van der Waals surface area contributed by atoms with Crippen LogP contribution in [-0.4, -0.2) is 23.3 Å². The van der Waals surface area contributed by atoms with Crippen LogP contribution in [0.5, 0.6) is 5.75 Å². The van der Waals surface area contributed by atoms with Crippen molar-refractivity contribution in [2.75, 3.05) is 0 Å². The molecule has 172 valence electrons. The third-order valence-corrected chi connectivity index (χ3v) is 6.35.